The van der Waals surface area contributed by atoms with Gasteiger partial charge in [0.2, 0.25) is 0 Å². The minimum Gasteiger partial charge on any atom is -0.382 e. The Bertz CT molecular complexity index is 971. The number of rotatable bonds is 5. The molecule has 8 nitrogen and oxygen atoms in total. The van der Waals surface area contributed by atoms with E-state index in [0.29, 0.717) is 5.84 Å². The summed E-state index contributed by atoms with van der Waals surface area (Å²) in [6.45, 7) is 3.17. The van der Waals surface area contributed by atoms with Gasteiger partial charge in [0, 0.05) is 19.5 Å². The third-order valence-electron chi connectivity index (χ3n) is 6.15. The van der Waals surface area contributed by atoms with E-state index in [4.69, 9.17) is 28.1 Å². The first-order chi connectivity index (χ1) is 14.9. The molecule has 0 atom stereocenters. The lowest BCUT2D eigenvalue weighted by Crippen LogP contribution is -2.42. The summed E-state index contributed by atoms with van der Waals surface area (Å²) in [7, 11) is 0. The van der Waals surface area contributed by atoms with Gasteiger partial charge in [0.15, 0.2) is 22.5 Å². The van der Waals surface area contributed by atoms with E-state index in [1.165, 1.54) is 5.56 Å². The number of aromatic nitrogens is 2. The molecule has 2 aromatic rings. The molecule has 5 N–H and O–H groups in total. The molecule has 4 rings (SSSR count). The number of carbonyl (C=O) groups excluding carboxylic acids is 1. The highest BCUT2D eigenvalue weighted by molar-refractivity contribution is 6.31. The lowest BCUT2D eigenvalue weighted by atomic mass is 9.86. The largest absolute Gasteiger partial charge is 0.382 e. The number of nitrogen functional groups attached to an aromatic ring is 2. The van der Waals surface area contributed by atoms with Crippen molar-refractivity contribution in [2.45, 2.75) is 44.1 Å². The van der Waals surface area contributed by atoms with Gasteiger partial charge >= 0.3 is 0 Å². The Hall–Kier alpha value is -2.71. The number of anilines is 2. The van der Waals surface area contributed by atoms with E-state index in [1.54, 1.807) is 0 Å². The predicted molar refractivity (Wildman–Crippen MR) is 123 cm³/mol. The zero-order valence-electron chi connectivity index (χ0n) is 17.5. The van der Waals surface area contributed by atoms with Crippen molar-refractivity contribution in [3.05, 3.63) is 46.7 Å². The number of benzene rings is 1. The van der Waals surface area contributed by atoms with Crippen LogP contribution in [-0.4, -0.2) is 51.8 Å². The summed E-state index contributed by atoms with van der Waals surface area (Å²) < 4.78 is 0. The second-order valence-electron chi connectivity index (χ2n) is 8.30. The maximum Gasteiger partial charge on any atom is 0.279 e. The molecular formula is C22H28ClN7O. The number of likely N-dealkylation sites (tertiary alicyclic amines) is 1. The number of hydrogen-bond acceptors (Lipinski definition) is 7. The van der Waals surface area contributed by atoms with Gasteiger partial charge in [0.1, 0.15) is 5.84 Å². The lowest BCUT2D eigenvalue weighted by Gasteiger charge is -2.37. The molecule has 0 unspecified atom stereocenters. The normalized spacial score (nSPS) is 18.2. The fraction of sp³-hybridized carbons (Fsp3) is 0.455. The lowest BCUT2D eigenvalue weighted by molar-refractivity contribution is 0.0972. The Kier molecular flexibility index (Phi) is 6.38. The molecule has 31 heavy (non-hydrogen) atoms. The van der Waals surface area contributed by atoms with Gasteiger partial charge in [-0.3, -0.25) is 9.79 Å². The molecule has 1 amide bonds. The Labute approximate surface area is 187 Å². The van der Waals surface area contributed by atoms with E-state index in [9.17, 15) is 4.79 Å². The minimum atomic E-state index is -0.457. The van der Waals surface area contributed by atoms with Gasteiger partial charge in [-0.1, -0.05) is 41.9 Å². The molecule has 2 aliphatic heterocycles. The summed E-state index contributed by atoms with van der Waals surface area (Å²) in [6, 6.07) is 10.6. The van der Waals surface area contributed by atoms with E-state index in [0.717, 1.165) is 58.2 Å². The van der Waals surface area contributed by atoms with E-state index in [1.807, 2.05) is 0 Å². The number of nitrogens with one attached hydrogen (secondary N) is 1. The first kappa shape index (κ1) is 21.5. The van der Waals surface area contributed by atoms with Crippen LogP contribution in [-0.2, 0) is 6.42 Å². The van der Waals surface area contributed by atoms with Gasteiger partial charge in [-0.15, -0.1) is 0 Å². The molecule has 1 aromatic heterocycles. The van der Waals surface area contributed by atoms with Crippen molar-refractivity contribution >= 4 is 35.0 Å². The number of amides is 1. The third-order valence-corrected chi connectivity index (χ3v) is 6.42. The average Bonchev–Trinajstić information content (AvgIpc) is 3.15. The Morgan fingerprint density at radius 1 is 1.10 bits per heavy atom. The predicted octanol–water partition coefficient (Wildman–Crippen LogP) is 2.68. The molecule has 3 heterocycles. The number of nitrogens with two attached hydrogens (primary N) is 2. The van der Waals surface area contributed by atoms with Crippen LogP contribution < -0.4 is 16.8 Å². The number of nitrogens with zero attached hydrogens (tertiary/aromatic N) is 4. The molecule has 9 heteroatoms. The zero-order valence-corrected chi connectivity index (χ0v) is 18.2. The van der Waals surface area contributed by atoms with Crippen LogP contribution in [0, 0.1) is 0 Å². The maximum absolute atomic E-state index is 12.6. The van der Waals surface area contributed by atoms with E-state index in [2.05, 4.69) is 50.5 Å². The van der Waals surface area contributed by atoms with Gasteiger partial charge in [0.25, 0.3) is 5.91 Å². The Balaban J connectivity index is 1.28. The smallest absolute Gasteiger partial charge is 0.279 e. The fourth-order valence-electron chi connectivity index (χ4n) is 4.34. The molecule has 1 spiro atoms. The van der Waals surface area contributed by atoms with Gasteiger partial charge in [-0.2, -0.15) is 0 Å². The quantitative estimate of drug-likeness (QED) is 0.655. The second kappa shape index (κ2) is 9.20. The molecule has 0 saturated carbocycles. The first-order valence-corrected chi connectivity index (χ1v) is 11.1. The summed E-state index contributed by atoms with van der Waals surface area (Å²) in [5, 5.41) is 2.80. The highest BCUT2D eigenvalue weighted by atomic mass is 35.5. The Morgan fingerprint density at radius 2 is 1.84 bits per heavy atom. The summed E-state index contributed by atoms with van der Waals surface area (Å²) in [6.07, 6.45) is 5.97. The van der Waals surface area contributed by atoms with Crippen LogP contribution in [0.25, 0.3) is 0 Å². The van der Waals surface area contributed by atoms with E-state index >= 15 is 0 Å². The van der Waals surface area contributed by atoms with Gasteiger partial charge in [-0.05, 0) is 44.2 Å². The van der Waals surface area contributed by atoms with Crippen molar-refractivity contribution < 1.29 is 4.79 Å². The Morgan fingerprint density at radius 3 is 2.58 bits per heavy atom. The number of amidine groups is 1. The van der Waals surface area contributed by atoms with Crippen molar-refractivity contribution in [3.63, 3.8) is 0 Å². The fourth-order valence-corrected chi connectivity index (χ4v) is 4.47. The first-order valence-electron chi connectivity index (χ1n) is 10.7. The minimum absolute atomic E-state index is 0.00315. The van der Waals surface area contributed by atoms with Crippen LogP contribution in [0.3, 0.4) is 0 Å². The summed E-state index contributed by atoms with van der Waals surface area (Å²) in [5.41, 5.74) is 12.6. The molecular weight excluding hydrogens is 414 g/mol. The molecule has 1 fully saturated rings. The standard InChI is InChI=1S/C22H28ClN7O/c23-18-20(25)28-19(24)17(27-18)21(31)26-16-8-9-22(29-16)10-13-30(14-11-22)12-4-7-15-5-2-1-3-6-15/h1-3,5-6H,4,7-14H2,(H4,24,25,28)(H,26,29,31). The topological polar surface area (TPSA) is 123 Å². The number of carbonyl (C=O) groups is 1. The van der Waals surface area contributed by atoms with Gasteiger partial charge in [-0.25, -0.2) is 9.97 Å². The molecule has 1 saturated heterocycles. The van der Waals surface area contributed by atoms with Crippen molar-refractivity contribution in [1.82, 2.24) is 20.2 Å². The molecule has 2 aliphatic rings. The highest BCUT2D eigenvalue weighted by Gasteiger charge is 2.38. The zero-order chi connectivity index (χ0) is 21.8. The van der Waals surface area contributed by atoms with Crippen molar-refractivity contribution in [1.29, 1.82) is 0 Å². The van der Waals surface area contributed by atoms with Crippen LogP contribution >= 0.6 is 11.6 Å². The van der Waals surface area contributed by atoms with E-state index < -0.39 is 5.91 Å². The maximum atomic E-state index is 12.6. The number of aryl methyl sites for hydroxylation is 1. The third kappa shape index (κ3) is 5.14. The highest BCUT2D eigenvalue weighted by Crippen LogP contribution is 2.35. The molecule has 0 bridgehead atoms. The van der Waals surface area contributed by atoms with Crippen molar-refractivity contribution in [3.8, 4) is 0 Å². The van der Waals surface area contributed by atoms with Crippen molar-refractivity contribution in [2.75, 3.05) is 31.1 Å². The summed E-state index contributed by atoms with van der Waals surface area (Å²) >= 11 is 5.88. The van der Waals surface area contributed by atoms with Crippen LogP contribution in [0.15, 0.2) is 35.3 Å². The molecule has 1 aromatic carbocycles. The van der Waals surface area contributed by atoms with Gasteiger partial charge < -0.3 is 21.7 Å². The molecule has 164 valence electrons. The van der Waals surface area contributed by atoms with Crippen LogP contribution in [0.5, 0.6) is 0 Å². The summed E-state index contributed by atoms with van der Waals surface area (Å²) in [5.74, 6) is 0.178. The van der Waals surface area contributed by atoms with Crippen molar-refractivity contribution in [2.24, 2.45) is 4.99 Å². The molecule has 0 aliphatic carbocycles. The van der Waals surface area contributed by atoms with Crippen LogP contribution in [0.2, 0.25) is 5.15 Å². The molecule has 0 radical (unpaired) electrons. The SMILES string of the molecule is Nc1nc(N)c(C(=O)NC2=NC3(CC2)CCN(CCCc2ccccc2)CC3)nc1Cl. The van der Waals surface area contributed by atoms with Crippen LogP contribution in [0.1, 0.15) is 48.2 Å². The number of hydrogen-bond donors (Lipinski definition) is 3. The van der Waals surface area contributed by atoms with E-state index in [-0.39, 0.29) is 28.0 Å². The monoisotopic (exact) mass is 441 g/mol. The second-order valence-corrected chi connectivity index (χ2v) is 8.66. The van der Waals surface area contributed by atoms with Gasteiger partial charge in [0.05, 0.1) is 5.54 Å². The number of halogens is 1. The number of piperidine rings is 1. The summed E-state index contributed by atoms with van der Waals surface area (Å²) in [4.78, 5) is 27.8. The average molecular weight is 442 g/mol. The number of aliphatic imine (C=N–C) groups is 1. The van der Waals surface area contributed by atoms with Crippen LogP contribution in [0.4, 0.5) is 11.6 Å².